The number of phenols is 1. The average Bonchev–Trinajstić information content (AvgIpc) is 2.46. The second-order valence-corrected chi connectivity index (χ2v) is 4.12. The number of aromatic carboxylic acids is 1. The molecule has 2 aromatic carbocycles. The molecule has 0 saturated carbocycles. The number of aromatic hydroxyl groups is 1. The van der Waals surface area contributed by atoms with Crippen molar-refractivity contribution in [2.24, 2.45) is 0 Å². The van der Waals surface area contributed by atoms with Crippen molar-refractivity contribution in [2.75, 3.05) is 7.11 Å². The molecule has 0 amide bonds. The van der Waals surface area contributed by atoms with Crippen LogP contribution in [-0.2, 0) is 6.61 Å². The average molecular weight is 274 g/mol. The third kappa shape index (κ3) is 3.20. The van der Waals surface area contributed by atoms with E-state index in [1.807, 2.05) is 24.3 Å². The summed E-state index contributed by atoms with van der Waals surface area (Å²) in [5.41, 5.74) is 0.744. The maximum absolute atomic E-state index is 10.9. The quantitative estimate of drug-likeness (QED) is 0.876. The van der Waals surface area contributed by atoms with Gasteiger partial charge in [0.1, 0.15) is 29.4 Å². The highest BCUT2D eigenvalue weighted by Gasteiger charge is 2.10. The summed E-state index contributed by atoms with van der Waals surface area (Å²) < 4.78 is 10.5. The maximum Gasteiger partial charge on any atom is 0.339 e. The minimum atomic E-state index is -1.20. The largest absolute Gasteiger partial charge is 0.507 e. The van der Waals surface area contributed by atoms with Crippen LogP contribution in [0, 0.1) is 0 Å². The lowest BCUT2D eigenvalue weighted by Crippen LogP contribution is -2.00. The number of carboxylic acid groups (broad SMARTS) is 1. The van der Waals surface area contributed by atoms with E-state index in [9.17, 15) is 9.90 Å². The van der Waals surface area contributed by atoms with E-state index in [-0.39, 0.29) is 11.3 Å². The van der Waals surface area contributed by atoms with Crippen molar-refractivity contribution >= 4 is 5.97 Å². The van der Waals surface area contributed by atoms with Crippen molar-refractivity contribution in [3.05, 3.63) is 53.6 Å². The first-order chi connectivity index (χ1) is 9.60. The van der Waals surface area contributed by atoms with Crippen LogP contribution in [0.25, 0.3) is 0 Å². The third-order valence-electron chi connectivity index (χ3n) is 2.76. The van der Waals surface area contributed by atoms with Crippen LogP contribution in [0.3, 0.4) is 0 Å². The van der Waals surface area contributed by atoms with Gasteiger partial charge in [0.05, 0.1) is 7.11 Å². The fraction of sp³-hybridized carbons (Fsp3) is 0.133. The van der Waals surface area contributed by atoms with Gasteiger partial charge in [0.25, 0.3) is 0 Å². The van der Waals surface area contributed by atoms with E-state index < -0.39 is 5.97 Å². The number of benzene rings is 2. The van der Waals surface area contributed by atoms with E-state index in [2.05, 4.69) is 0 Å². The van der Waals surface area contributed by atoms with Crippen LogP contribution in [0.4, 0.5) is 0 Å². The molecule has 0 aromatic heterocycles. The molecule has 0 fully saturated rings. The van der Waals surface area contributed by atoms with Crippen LogP contribution in [0.15, 0.2) is 42.5 Å². The summed E-state index contributed by atoms with van der Waals surface area (Å²) in [5, 5.41) is 18.3. The topological polar surface area (TPSA) is 76.0 Å². The summed E-state index contributed by atoms with van der Waals surface area (Å²) in [6, 6.07) is 11.5. The first kappa shape index (κ1) is 13.7. The Morgan fingerprint density at radius 3 is 2.35 bits per heavy atom. The Bertz CT molecular complexity index is 604. The Balaban J connectivity index is 2.06. The third-order valence-corrected chi connectivity index (χ3v) is 2.76. The van der Waals surface area contributed by atoms with Gasteiger partial charge in [-0.1, -0.05) is 12.1 Å². The normalized spacial score (nSPS) is 10.1. The molecule has 2 rings (SSSR count). The van der Waals surface area contributed by atoms with Gasteiger partial charge < -0.3 is 19.7 Å². The fourth-order valence-electron chi connectivity index (χ4n) is 1.66. The van der Waals surface area contributed by atoms with E-state index >= 15 is 0 Å². The van der Waals surface area contributed by atoms with Crippen LogP contribution >= 0.6 is 0 Å². The van der Waals surface area contributed by atoms with Gasteiger partial charge in [-0.25, -0.2) is 4.79 Å². The van der Waals surface area contributed by atoms with Gasteiger partial charge in [0, 0.05) is 0 Å². The van der Waals surface area contributed by atoms with E-state index in [4.69, 9.17) is 14.6 Å². The molecule has 5 nitrogen and oxygen atoms in total. The van der Waals surface area contributed by atoms with Gasteiger partial charge in [-0.05, 0) is 35.9 Å². The molecule has 0 atom stereocenters. The smallest absolute Gasteiger partial charge is 0.339 e. The predicted molar refractivity (Wildman–Crippen MR) is 72.4 cm³/mol. The van der Waals surface area contributed by atoms with Crippen molar-refractivity contribution < 1.29 is 24.5 Å². The van der Waals surface area contributed by atoms with Gasteiger partial charge in [-0.15, -0.1) is 0 Å². The molecule has 0 aliphatic rings. The van der Waals surface area contributed by atoms with Crippen LogP contribution in [0.2, 0.25) is 0 Å². The standard InChI is InChI=1S/C15H14O5/c1-19-11-4-2-10(3-5-11)9-20-12-6-7-14(16)13(8-12)15(17)18/h2-8,16H,9H2,1H3,(H,17,18). The summed E-state index contributed by atoms with van der Waals surface area (Å²) in [5.74, 6) is -0.339. The SMILES string of the molecule is COc1ccc(COc2ccc(O)c(C(=O)O)c2)cc1. The summed E-state index contributed by atoms with van der Waals surface area (Å²) in [4.78, 5) is 10.9. The molecule has 0 unspecified atom stereocenters. The van der Waals surface area contributed by atoms with Crippen LogP contribution < -0.4 is 9.47 Å². The number of hydrogen-bond acceptors (Lipinski definition) is 4. The molecule has 0 heterocycles. The lowest BCUT2D eigenvalue weighted by Gasteiger charge is -2.08. The Kier molecular flexibility index (Phi) is 4.10. The van der Waals surface area contributed by atoms with Gasteiger partial charge in [-0.2, -0.15) is 0 Å². The predicted octanol–water partition coefficient (Wildman–Crippen LogP) is 2.68. The fourth-order valence-corrected chi connectivity index (χ4v) is 1.66. The van der Waals surface area contributed by atoms with Crippen LogP contribution in [0.1, 0.15) is 15.9 Å². The van der Waals surface area contributed by atoms with Gasteiger partial charge >= 0.3 is 5.97 Å². The molecule has 0 aliphatic carbocycles. The number of carbonyl (C=O) groups is 1. The number of rotatable bonds is 5. The molecule has 2 N–H and O–H groups in total. The Morgan fingerprint density at radius 2 is 1.75 bits per heavy atom. The summed E-state index contributed by atoms with van der Waals surface area (Å²) in [7, 11) is 1.59. The molecule has 0 radical (unpaired) electrons. The molecule has 0 spiro atoms. The van der Waals surface area contributed by atoms with Crippen molar-refractivity contribution in [3.63, 3.8) is 0 Å². The number of ether oxygens (including phenoxy) is 2. The lowest BCUT2D eigenvalue weighted by molar-refractivity contribution is 0.0693. The molecular formula is C15H14O5. The Morgan fingerprint density at radius 1 is 1.10 bits per heavy atom. The van der Waals surface area contributed by atoms with E-state index in [0.29, 0.717) is 12.4 Å². The highest BCUT2D eigenvalue weighted by atomic mass is 16.5. The van der Waals surface area contributed by atoms with E-state index in [1.165, 1.54) is 18.2 Å². The van der Waals surface area contributed by atoms with E-state index in [0.717, 1.165) is 11.3 Å². The number of methoxy groups -OCH3 is 1. The van der Waals surface area contributed by atoms with Crippen LogP contribution in [-0.4, -0.2) is 23.3 Å². The van der Waals surface area contributed by atoms with Crippen molar-refractivity contribution in [1.82, 2.24) is 0 Å². The molecule has 0 saturated heterocycles. The summed E-state index contributed by atoms with van der Waals surface area (Å²) >= 11 is 0. The first-order valence-electron chi connectivity index (χ1n) is 5.92. The molecule has 5 heteroatoms. The lowest BCUT2D eigenvalue weighted by atomic mass is 10.2. The molecule has 0 bridgehead atoms. The van der Waals surface area contributed by atoms with Crippen molar-refractivity contribution in [1.29, 1.82) is 0 Å². The molecule has 2 aromatic rings. The molecule has 104 valence electrons. The minimum absolute atomic E-state index is 0.183. The zero-order chi connectivity index (χ0) is 14.5. The summed E-state index contributed by atoms with van der Waals surface area (Å²) in [6.07, 6.45) is 0. The first-order valence-corrected chi connectivity index (χ1v) is 5.92. The van der Waals surface area contributed by atoms with Crippen molar-refractivity contribution in [3.8, 4) is 17.2 Å². The zero-order valence-corrected chi connectivity index (χ0v) is 10.9. The Labute approximate surface area is 116 Å². The second-order valence-electron chi connectivity index (χ2n) is 4.12. The zero-order valence-electron chi connectivity index (χ0n) is 10.9. The number of carboxylic acids is 1. The highest BCUT2D eigenvalue weighted by molar-refractivity contribution is 5.91. The number of hydrogen-bond donors (Lipinski definition) is 2. The monoisotopic (exact) mass is 274 g/mol. The minimum Gasteiger partial charge on any atom is -0.507 e. The molecule has 0 aliphatic heterocycles. The molecular weight excluding hydrogens is 260 g/mol. The van der Waals surface area contributed by atoms with Gasteiger partial charge in [0.15, 0.2) is 0 Å². The van der Waals surface area contributed by atoms with Gasteiger partial charge in [0.2, 0.25) is 0 Å². The van der Waals surface area contributed by atoms with Gasteiger partial charge in [-0.3, -0.25) is 0 Å². The Hall–Kier alpha value is -2.69. The summed E-state index contributed by atoms with van der Waals surface area (Å²) in [6.45, 7) is 0.299. The van der Waals surface area contributed by atoms with Crippen LogP contribution in [0.5, 0.6) is 17.2 Å². The molecule has 20 heavy (non-hydrogen) atoms. The maximum atomic E-state index is 10.9. The van der Waals surface area contributed by atoms with E-state index in [1.54, 1.807) is 7.11 Å². The second kappa shape index (κ2) is 5.97. The highest BCUT2D eigenvalue weighted by Crippen LogP contribution is 2.23. The van der Waals surface area contributed by atoms with Crippen molar-refractivity contribution in [2.45, 2.75) is 6.61 Å².